The Balaban J connectivity index is 2.12. The first kappa shape index (κ1) is 5.40. The highest BCUT2D eigenvalue weighted by Gasteiger charge is 2.67. The molecule has 0 amide bonds. The topological polar surface area (TPSA) is 0 Å². The fourth-order valence-electron chi connectivity index (χ4n) is 3.22. The predicted molar refractivity (Wildman–Crippen MR) is 41.6 cm³/mol. The van der Waals surface area contributed by atoms with E-state index in [1.165, 1.54) is 12.8 Å². The molecular weight excluding hydrogens is 120 g/mol. The molecule has 2 fully saturated rings. The Morgan fingerprint density at radius 2 is 2.10 bits per heavy atom. The Morgan fingerprint density at radius 3 is 2.40 bits per heavy atom. The Labute approximate surface area is 62.3 Å². The number of rotatable bonds is 0. The molecule has 0 bridgehead atoms. The molecule has 0 spiro atoms. The zero-order chi connectivity index (χ0) is 6.98. The van der Waals surface area contributed by atoms with Crippen LogP contribution >= 0.6 is 0 Å². The second-order valence-corrected chi connectivity index (χ2v) is 4.84. The molecule has 3 rings (SSSR count). The highest BCUT2D eigenvalue weighted by molar-refractivity contribution is 5.34. The summed E-state index contributed by atoms with van der Waals surface area (Å²) in [4.78, 5) is 0. The first-order valence-corrected chi connectivity index (χ1v) is 4.36. The van der Waals surface area contributed by atoms with Gasteiger partial charge in [-0.05, 0) is 35.5 Å². The van der Waals surface area contributed by atoms with E-state index in [1.807, 2.05) is 0 Å². The molecular formula is C10H14. The van der Waals surface area contributed by atoms with Gasteiger partial charge in [-0.25, -0.2) is 0 Å². The van der Waals surface area contributed by atoms with Crippen LogP contribution in [0.15, 0.2) is 12.2 Å². The lowest BCUT2D eigenvalue weighted by atomic mass is 9.57. The summed E-state index contributed by atoms with van der Waals surface area (Å²) in [6.07, 6.45) is 7.88. The number of fused-ring (bicyclic) bond motifs is 3. The quantitative estimate of drug-likeness (QED) is 0.447. The minimum Gasteiger partial charge on any atom is -0.0811 e. The molecule has 0 saturated heterocycles. The lowest BCUT2D eigenvalue weighted by Crippen LogP contribution is -2.39. The second-order valence-electron chi connectivity index (χ2n) is 4.84. The Morgan fingerprint density at radius 1 is 1.30 bits per heavy atom. The zero-order valence-electron chi connectivity index (χ0n) is 6.72. The van der Waals surface area contributed by atoms with E-state index in [2.05, 4.69) is 26.0 Å². The fourth-order valence-corrected chi connectivity index (χ4v) is 3.22. The highest BCUT2D eigenvalue weighted by atomic mass is 14.7. The standard InChI is InChI=1S/C10H14/c1-9-3-4-10(9,2)8-5-7(8)6-9/h3-4,7-8H,5-6H2,1-2H3. The van der Waals surface area contributed by atoms with Crippen LogP contribution in [-0.2, 0) is 0 Å². The average Bonchev–Trinajstić information content (AvgIpc) is 2.60. The SMILES string of the molecule is CC12C=CC1(C)C1CC1C2. The third kappa shape index (κ3) is 0.328. The van der Waals surface area contributed by atoms with E-state index in [4.69, 9.17) is 0 Å². The summed E-state index contributed by atoms with van der Waals surface area (Å²) >= 11 is 0. The Hall–Kier alpha value is -0.260. The maximum absolute atomic E-state index is 2.45. The van der Waals surface area contributed by atoms with Gasteiger partial charge in [-0.2, -0.15) is 0 Å². The molecule has 3 aliphatic carbocycles. The van der Waals surface area contributed by atoms with E-state index >= 15 is 0 Å². The number of allylic oxidation sites excluding steroid dienone is 2. The van der Waals surface area contributed by atoms with Crippen molar-refractivity contribution in [1.82, 2.24) is 0 Å². The van der Waals surface area contributed by atoms with Gasteiger partial charge in [-0.15, -0.1) is 0 Å². The van der Waals surface area contributed by atoms with Crippen molar-refractivity contribution in [3.05, 3.63) is 12.2 Å². The molecule has 0 aromatic heterocycles. The average molecular weight is 134 g/mol. The van der Waals surface area contributed by atoms with Gasteiger partial charge in [0.05, 0.1) is 0 Å². The zero-order valence-corrected chi connectivity index (χ0v) is 6.72. The van der Waals surface area contributed by atoms with E-state index in [0.29, 0.717) is 10.8 Å². The molecule has 4 atom stereocenters. The van der Waals surface area contributed by atoms with Gasteiger partial charge in [0.1, 0.15) is 0 Å². The summed E-state index contributed by atoms with van der Waals surface area (Å²) < 4.78 is 0. The molecule has 0 N–H and O–H groups in total. The minimum atomic E-state index is 0.612. The van der Waals surface area contributed by atoms with E-state index in [-0.39, 0.29) is 0 Å². The summed E-state index contributed by atoms with van der Waals surface area (Å²) in [5, 5.41) is 0. The molecule has 0 heteroatoms. The van der Waals surface area contributed by atoms with Crippen LogP contribution in [0.25, 0.3) is 0 Å². The summed E-state index contributed by atoms with van der Waals surface area (Å²) in [5.41, 5.74) is 1.23. The van der Waals surface area contributed by atoms with Crippen molar-refractivity contribution in [3.8, 4) is 0 Å². The largest absolute Gasteiger partial charge is 0.0811 e. The van der Waals surface area contributed by atoms with Crippen LogP contribution in [0.5, 0.6) is 0 Å². The lowest BCUT2D eigenvalue weighted by molar-refractivity contribution is 0.148. The van der Waals surface area contributed by atoms with Crippen molar-refractivity contribution in [1.29, 1.82) is 0 Å². The molecule has 0 aliphatic heterocycles. The minimum absolute atomic E-state index is 0.612. The van der Waals surface area contributed by atoms with E-state index in [0.717, 1.165) is 11.8 Å². The Bertz CT molecular complexity index is 228. The Kier molecular flexibility index (Phi) is 0.598. The maximum Gasteiger partial charge on any atom is -0.00270 e. The molecule has 0 heterocycles. The molecule has 54 valence electrons. The van der Waals surface area contributed by atoms with Crippen LogP contribution in [0.3, 0.4) is 0 Å². The molecule has 3 aliphatic rings. The van der Waals surface area contributed by atoms with Crippen molar-refractivity contribution in [2.75, 3.05) is 0 Å². The highest BCUT2D eigenvalue weighted by Crippen LogP contribution is 2.74. The van der Waals surface area contributed by atoms with Gasteiger partial charge in [0.25, 0.3) is 0 Å². The maximum atomic E-state index is 2.45. The molecule has 0 aromatic carbocycles. The van der Waals surface area contributed by atoms with Gasteiger partial charge < -0.3 is 0 Å². The lowest BCUT2D eigenvalue weighted by Gasteiger charge is -2.47. The molecule has 0 aromatic rings. The van der Waals surface area contributed by atoms with Crippen molar-refractivity contribution in [3.63, 3.8) is 0 Å². The third-order valence-corrected chi connectivity index (χ3v) is 4.41. The van der Waals surface area contributed by atoms with Gasteiger partial charge in [-0.3, -0.25) is 0 Å². The van der Waals surface area contributed by atoms with Gasteiger partial charge >= 0.3 is 0 Å². The van der Waals surface area contributed by atoms with Gasteiger partial charge in [0.15, 0.2) is 0 Å². The monoisotopic (exact) mass is 134 g/mol. The third-order valence-electron chi connectivity index (χ3n) is 4.41. The summed E-state index contributed by atoms with van der Waals surface area (Å²) in [6, 6.07) is 0. The van der Waals surface area contributed by atoms with E-state index < -0.39 is 0 Å². The molecule has 0 nitrogen and oxygen atoms in total. The smallest absolute Gasteiger partial charge is 0.00270 e. The first-order chi connectivity index (χ1) is 4.66. The second kappa shape index (κ2) is 1.11. The molecule has 10 heavy (non-hydrogen) atoms. The van der Waals surface area contributed by atoms with Gasteiger partial charge in [0.2, 0.25) is 0 Å². The summed E-state index contributed by atoms with van der Waals surface area (Å²) in [6.45, 7) is 4.88. The van der Waals surface area contributed by atoms with Crippen LogP contribution < -0.4 is 0 Å². The molecule has 0 radical (unpaired) electrons. The number of hydrogen-bond acceptors (Lipinski definition) is 0. The number of hydrogen-bond donors (Lipinski definition) is 0. The van der Waals surface area contributed by atoms with Crippen molar-refractivity contribution in [2.24, 2.45) is 22.7 Å². The normalized spacial score (nSPS) is 68.6. The van der Waals surface area contributed by atoms with Crippen LogP contribution in [0.1, 0.15) is 26.7 Å². The fraction of sp³-hybridized carbons (Fsp3) is 0.800. The summed E-state index contributed by atoms with van der Waals surface area (Å²) in [7, 11) is 0. The van der Waals surface area contributed by atoms with Gasteiger partial charge in [-0.1, -0.05) is 26.0 Å². The van der Waals surface area contributed by atoms with Crippen molar-refractivity contribution in [2.45, 2.75) is 26.7 Å². The van der Waals surface area contributed by atoms with Crippen molar-refractivity contribution >= 4 is 0 Å². The van der Waals surface area contributed by atoms with Crippen molar-refractivity contribution < 1.29 is 0 Å². The van der Waals surface area contributed by atoms with Crippen LogP contribution in [0, 0.1) is 22.7 Å². The first-order valence-electron chi connectivity index (χ1n) is 4.36. The predicted octanol–water partition coefficient (Wildman–Crippen LogP) is 2.61. The molecule has 4 unspecified atom stereocenters. The van der Waals surface area contributed by atoms with Crippen LogP contribution in [-0.4, -0.2) is 0 Å². The molecule has 2 saturated carbocycles. The van der Waals surface area contributed by atoms with Crippen LogP contribution in [0.4, 0.5) is 0 Å². The van der Waals surface area contributed by atoms with E-state index in [9.17, 15) is 0 Å². The van der Waals surface area contributed by atoms with E-state index in [1.54, 1.807) is 0 Å². The van der Waals surface area contributed by atoms with Gasteiger partial charge in [0, 0.05) is 0 Å². The summed E-state index contributed by atoms with van der Waals surface area (Å²) in [5.74, 6) is 2.17. The van der Waals surface area contributed by atoms with Crippen LogP contribution in [0.2, 0.25) is 0 Å².